The molecule has 0 aromatic carbocycles. The second-order valence-corrected chi connectivity index (χ2v) is 6.68. The Kier molecular flexibility index (Phi) is 4.41. The fourth-order valence-corrected chi connectivity index (χ4v) is 2.70. The van der Waals surface area contributed by atoms with E-state index >= 15 is 0 Å². The van der Waals surface area contributed by atoms with Crippen LogP contribution in [0, 0.1) is 0 Å². The van der Waals surface area contributed by atoms with Crippen molar-refractivity contribution in [1.82, 2.24) is 19.6 Å². The van der Waals surface area contributed by atoms with Gasteiger partial charge in [-0.15, -0.1) is 5.10 Å². The lowest BCUT2D eigenvalue weighted by Gasteiger charge is -2.08. The van der Waals surface area contributed by atoms with E-state index in [0.29, 0.717) is 41.1 Å². The number of nitrogens with zero attached hydrogens (tertiary/aromatic N) is 4. The van der Waals surface area contributed by atoms with Crippen molar-refractivity contribution in [3.05, 3.63) is 36.7 Å². The van der Waals surface area contributed by atoms with Crippen LogP contribution in [0.15, 0.2) is 41.1 Å². The second-order valence-electron chi connectivity index (χ2n) is 6.68. The lowest BCUT2D eigenvalue weighted by atomic mass is 10.3. The molecule has 4 rings (SSSR count). The molecule has 4 heterocycles. The summed E-state index contributed by atoms with van der Waals surface area (Å²) in [4.78, 5) is 8.69. The van der Waals surface area contributed by atoms with E-state index in [1.165, 1.54) is 0 Å². The molecule has 0 aliphatic carbocycles. The summed E-state index contributed by atoms with van der Waals surface area (Å²) in [5.41, 5.74) is 7.83. The van der Waals surface area contributed by atoms with Crippen LogP contribution >= 0.6 is 0 Å². The molecule has 0 saturated heterocycles. The summed E-state index contributed by atoms with van der Waals surface area (Å²) in [5, 5.41) is 5.30. The molecule has 0 fully saturated rings. The van der Waals surface area contributed by atoms with E-state index < -0.39 is 0 Å². The third kappa shape index (κ3) is 3.43. The Hall–Kier alpha value is -3.13. The molecule has 0 bridgehead atoms. The smallest absolute Gasteiger partial charge is 0.231 e. The SMILES string of the molecule is CC(C)Oc1nccc2oc(-c3cnc4ccc(OC[C@H](C)N)nn34)cc12. The predicted octanol–water partition coefficient (Wildman–Crippen LogP) is 3.05. The number of furan rings is 1. The van der Waals surface area contributed by atoms with Gasteiger partial charge in [-0.1, -0.05) is 0 Å². The van der Waals surface area contributed by atoms with Gasteiger partial charge in [0, 0.05) is 24.4 Å². The first-order chi connectivity index (χ1) is 13.0. The summed E-state index contributed by atoms with van der Waals surface area (Å²) in [7, 11) is 0. The quantitative estimate of drug-likeness (QED) is 0.559. The van der Waals surface area contributed by atoms with Crippen LogP contribution in [0.4, 0.5) is 0 Å². The summed E-state index contributed by atoms with van der Waals surface area (Å²) < 4.78 is 19.1. The zero-order valence-corrected chi connectivity index (χ0v) is 15.4. The Labute approximate surface area is 155 Å². The van der Waals surface area contributed by atoms with Gasteiger partial charge in [-0.3, -0.25) is 0 Å². The molecule has 0 unspecified atom stereocenters. The summed E-state index contributed by atoms with van der Waals surface area (Å²) in [5.74, 6) is 1.64. The first kappa shape index (κ1) is 17.3. The van der Waals surface area contributed by atoms with Crippen LogP contribution in [0.1, 0.15) is 20.8 Å². The molecular weight excluding hydrogens is 346 g/mol. The third-order valence-corrected chi connectivity index (χ3v) is 3.84. The molecule has 0 radical (unpaired) electrons. The van der Waals surface area contributed by atoms with Gasteiger partial charge in [0.05, 0.1) is 17.7 Å². The van der Waals surface area contributed by atoms with Crippen LogP contribution in [0.5, 0.6) is 11.8 Å². The maximum Gasteiger partial charge on any atom is 0.231 e. The molecule has 2 N–H and O–H groups in total. The van der Waals surface area contributed by atoms with Crippen molar-refractivity contribution >= 4 is 16.6 Å². The van der Waals surface area contributed by atoms with Crippen LogP contribution in [0.2, 0.25) is 0 Å². The van der Waals surface area contributed by atoms with Gasteiger partial charge in [0.2, 0.25) is 11.8 Å². The molecule has 0 amide bonds. The minimum absolute atomic E-state index is 0.0172. The van der Waals surface area contributed by atoms with Gasteiger partial charge in [-0.05, 0) is 32.9 Å². The first-order valence-corrected chi connectivity index (χ1v) is 8.80. The molecule has 0 saturated carbocycles. The van der Waals surface area contributed by atoms with Crippen LogP contribution in [0.3, 0.4) is 0 Å². The average Bonchev–Trinajstić information content (AvgIpc) is 3.23. The molecule has 140 valence electrons. The van der Waals surface area contributed by atoms with Gasteiger partial charge < -0.3 is 19.6 Å². The van der Waals surface area contributed by atoms with Crippen molar-refractivity contribution in [3.8, 4) is 23.2 Å². The monoisotopic (exact) mass is 367 g/mol. The molecule has 0 aliphatic heterocycles. The molecule has 4 aromatic heterocycles. The molecule has 8 heteroatoms. The third-order valence-electron chi connectivity index (χ3n) is 3.84. The highest BCUT2D eigenvalue weighted by Gasteiger charge is 2.16. The first-order valence-electron chi connectivity index (χ1n) is 8.80. The fraction of sp³-hybridized carbons (Fsp3) is 0.316. The van der Waals surface area contributed by atoms with Gasteiger partial charge in [0.1, 0.15) is 17.9 Å². The fourth-order valence-electron chi connectivity index (χ4n) is 2.70. The maximum absolute atomic E-state index is 6.00. The highest BCUT2D eigenvalue weighted by Crippen LogP contribution is 2.32. The number of rotatable bonds is 6. The van der Waals surface area contributed by atoms with E-state index in [-0.39, 0.29) is 12.1 Å². The standard InChI is InChI=1S/C19H21N5O3/c1-11(2)26-19-13-8-16(27-15(13)6-7-21-19)14-9-22-17-4-5-18(23-24(14)17)25-10-12(3)20/h4-9,11-12H,10,20H2,1-3H3/t12-/m0/s1. The summed E-state index contributed by atoms with van der Waals surface area (Å²) in [6, 6.07) is 7.23. The number of fused-ring (bicyclic) bond motifs is 2. The number of nitrogens with two attached hydrogens (primary N) is 1. The van der Waals surface area contributed by atoms with E-state index in [2.05, 4.69) is 15.1 Å². The lowest BCUT2D eigenvalue weighted by molar-refractivity contribution is 0.236. The van der Waals surface area contributed by atoms with Crippen molar-refractivity contribution in [2.24, 2.45) is 5.73 Å². The van der Waals surface area contributed by atoms with E-state index in [4.69, 9.17) is 19.6 Å². The maximum atomic E-state index is 6.00. The van der Waals surface area contributed by atoms with E-state index in [1.807, 2.05) is 32.9 Å². The number of hydrogen-bond acceptors (Lipinski definition) is 7. The summed E-state index contributed by atoms with van der Waals surface area (Å²) in [6.45, 7) is 6.18. The van der Waals surface area contributed by atoms with Gasteiger partial charge in [0.25, 0.3) is 0 Å². The van der Waals surface area contributed by atoms with Gasteiger partial charge in [-0.2, -0.15) is 0 Å². The van der Waals surface area contributed by atoms with Gasteiger partial charge in [0.15, 0.2) is 11.4 Å². The highest BCUT2D eigenvalue weighted by molar-refractivity contribution is 5.86. The number of pyridine rings is 1. The molecule has 27 heavy (non-hydrogen) atoms. The largest absolute Gasteiger partial charge is 0.475 e. The summed E-state index contributed by atoms with van der Waals surface area (Å²) >= 11 is 0. The normalized spacial score (nSPS) is 12.8. The molecule has 4 aromatic rings. The van der Waals surface area contributed by atoms with Gasteiger partial charge >= 0.3 is 0 Å². The summed E-state index contributed by atoms with van der Waals surface area (Å²) in [6.07, 6.45) is 3.40. The lowest BCUT2D eigenvalue weighted by Crippen LogP contribution is -2.24. The van der Waals surface area contributed by atoms with Crippen LogP contribution in [-0.4, -0.2) is 38.3 Å². The predicted molar refractivity (Wildman–Crippen MR) is 101 cm³/mol. The Morgan fingerprint density at radius 2 is 2.04 bits per heavy atom. The van der Waals surface area contributed by atoms with Crippen LogP contribution in [-0.2, 0) is 0 Å². The number of aromatic nitrogens is 4. The molecule has 0 aliphatic rings. The zero-order chi connectivity index (χ0) is 19.0. The van der Waals surface area contributed by atoms with Crippen molar-refractivity contribution in [2.75, 3.05) is 6.61 Å². The number of imidazole rings is 1. The molecule has 8 nitrogen and oxygen atoms in total. The van der Waals surface area contributed by atoms with Crippen molar-refractivity contribution in [2.45, 2.75) is 32.9 Å². The second kappa shape index (κ2) is 6.88. The Balaban J connectivity index is 1.76. The number of hydrogen-bond donors (Lipinski definition) is 1. The highest BCUT2D eigenvalue weighted by atomic mass is 16.5. The molecular formula is C19H21N5O3. The van der Waals surface area contributed by atoms with Crippen LogP contribution in [0.25, 0.3) is 28.1 Å². The average molecular weight is 367 g/mol. The zero-order valence-electron chi connectivity index (χ0n) is 15.4. The van der Waals surface area contributed by atoms with Crippen LogP contribution < -0.4 is 15.2 Å². The number of ether oxygens (including phenoxy) is 2. The van der Waals surface area contributed by atoms with Gasteiger partial charge in [-0.25, -0.2) is 14.5 Å². The van der Waals surface area contributed by atoms with Crippen molar-refractivity contribution < 1.29 is 13.9 Å². The van der Waals surface area contributed by atoms with E-state index in [1.54, 1.807) is 29.0 Å². The Morgan fingerprint density at radius 1 is 1.19 bits per heavy atom. The van der Waals surface area contributed by atoms with Crippen molar-refractivity contribution in [3.63, 3.8) is 0 Å². The van der Waals surface area contributed by atoms with E-state index in [0.717, 1.165) is 5.39 Å². The van der Waals surface area contributed by atoms with E-state index in [9.17, 15) is 0 Å². The Morgan fingerprint density at radius 3 is 2.81 bits per heavy atom. The molecule has 0 spiro atoms. The Bertz CT molecular complexity index is 1080. The topological polar surface area (TPSA) is 101 Å². The minimum Gasteiger partial charge on any atom is -0.475 e. The molecule has 1 atom stereocenters. The van der Waals surface area contributed by atoms with Crippen molar-refractivity contribution in [1.29, 1.82) is 0 Å². The minimum atomic E-state index is -0.0768.